The molecule has 0 aliphatic rings. The van der Waals surface area contributed by atoms with Crippen molar-refractivity contribution in [3.8, 4) is 21.7 Å². The fourth-order valence-corrected chi connectivity index (χ4v) is 3.95. The molecule has 4 nitrogen and oxygen atoms in total. The number of pyridine rings is 1. The summed E-state index contributed by atoms with van der Waals surface area (Å²) in [5, 5.41) is 0.752. The Hall–Kier alpha value is -2.02. The molecule has 0 bridgehead atoms. The fourth-order valence-electron chi connectivity index (χ4n) is 2.55. The lowest BCUT2D eigenvalue weighted by atomic mass is 10.0. The zero-order valence-corrected chi connectivity index (χ0v) is 15.4. The lowest BCUT2D eigenvalue weighted by molar-refractivity contribution is 1.19. The van der Waals surface area contributed by atoms with Gasteiger partial charge in [-0.1, -0.05) is 39.7 Å². The van der Waals surface area contributed by atoms with Gasteiger partial charge in [-0.2, -0.15) is 0 Å². The van der Waals surface area contributed by atoms with Gasteiger partial charge in [-0.05, 0) is 41.5 Å². The topological polar surface area (TPSA) is 64.7 Å². The molecule has 0 aliphatic heterocycles. The Balaban J connectivity index is 2.05. The van der Waals surface area contributed by atoms with Crippen LogP contribution in [0.15, 0.2) is 53.3 Å². The molecule has 0 fully saturated rings. The minimum Gasteiger partial charge on any atom is -0.383 e. The van der Waals surface area contributed by atoms with Crippen molar-refractivity contribution in [3.63, 3.8) is 0 Å². The van der Waals surface area contributed by atoms with Crippen molar-refractivity contribution >= 4 is 55.7 Å². The Bertz CT molecular complexity index is 1060. The third-order valence-corrected chi connectivity index (χ3v) is 5.34. The van der Waals surface area contributed by atoms with Crippen molar-refractivity contribution < 1.29 is 0 Å². The molecule has 0 atom stereocenters. The number of nitrogens with zero attached hydrogens (tertiary/aromatic N) is 3. The first-order chi connectivity index (χ1) is 11.6. The lowest BCUT2D eigenvalue weighted by Crippen LogP contribution is -1.98. The summed E-state index contributed by atoms with van der Waals surface area (Å²) < 4.78 is 1.71. The average Bonchev–Trinajstić information content (AvgIpc) is 3.01. The van der Waals surface area contributed by atoms with Crippen LogP contribution in [0.1, 0.15) is 0 Å². The number of halogens is 2. The van der Waals surface area contributed by atoms with Crippen molar-refractivity contribution in [2.45, 2.75) is 0 Å². The Kier molecular flexibility index (Phi) is 3.96. The van der Waals surface area contributed by atoms with Crippen LogP contribution in [0.5, 0.6) is 0 Å². The molecule has 0 unspecified atom stereocenters. The summed E-state index contributed by atoms with van der Waals surface area (Å²) in [6.45, 7) is 0. The highest BCUT2D eigenvalue weighted by Crippen LogP contribution is 2.37. The van der Waals surface area contributed by atoms with Gasteiger partial charge in [0, 0.05) is 4.47 Å². The first-order valence-corrected chi connectivity index (χ1v) is 9.03. The fraction of sp³-hybridized carbons (Fsp3) is 0. The molecule has 0 aliphatic carbocycles. The third kappa shape index (κ3) is 2.77. The maximum atomic E-state index is 6.10. The van der Waals surface area contributed by atoms with Gasteiger partial charge in [-0.15, -0.1) is 11.3 Å². The molecule has 0 spiro atoms. The molecule has 118 valence electrons. The van der Waals surface area contributed by atoms with Crippen LogP contribution in [-0.2, 0) is 0 Å². The molecule has 1 aromatic carbocycles. The van der Waals surface area contributed by atoms with E-state index >= 15 is 0 Å². The second-order valence-corrected chi connectivity index (χ2v) is 7.76. The second kappa shape index (κ2) is 6.12. The Labute approximate surface area is 155 Å². The van der Waals surface area contributed by atoms with E-state index in [9.17, 15) is 0 Å². The van der Waals surface area contributed by atoms with E-state index in [1.165, 1.54) is 17.7 Å². The summed E-state index contributed by atoms with van der Waals surface area (Å²) in [7, 11) is 0. The number of hydrogen-bond donors (Lipinski definition) is 1. The second-order valence-electron chi connectivity index (χ2n) is 5.13. The molecular formula is C17H10BrClN4S. The molecule has 4 rings (SSSR count). The molecule has 0 saturated carbocycles. The third-order valence-electron chi connectivity index (χ3n) is 3.59. The first kappa shape index (κ1) is 15.5. The zero-order valence-electron chi connectivity index (χ0n) is 12.2. The molecule has 0 amide bonds. The van der Waals surface area contributed by atoms with E-state index in [1.807, 2.05) is 42.5 Å². The number of hydrogen-bond acceptors (Lipinski definition) is 5. The van der Waals surface area contributed by atoms with Crippen LogP contribution in [-0.4, -0.2) is 15.0 Å². The molecule has 7 heteroatoms. The number of aromatic nitrogens is 3. The average molecular weight is 418 g/mol. The summed E-state index contributed by atoms with van der Waals surface area (Å²) in [5.41, 5.74) is 9.44. The number of fused-ring (bicyclic) bond motifs is 1. The summed E-state index contributed by atoms with van der Waals surface area (Å²) in [4.78, 5) is 14.0. The zero-order chi connectivity index (χ0) is 16.7. The van der Waals surface area contributed by atoms with E-state index < -0.39 is 0 Å². The Morgan fingerprint density at radius 1 is 1.08 bits per heavy atom. The largest absolute Gasteiger partial charge is 0.383 e. The maximum Gasteiger partial charge on any atom is 0.165 e. The smallest absolute Gasteiger partial charge is 0.165 e. The quantitative estimate of drug-likeness (QED) is 0.473. The van der Waals surface area contributed by atoms with Gasteiger partial charge < -0.3 is 5.73 Å². The van der Waals surface area contributed by atoms with E-state index in [4.69, 9.17) is 17.3 Å². The molecule has 0 saturated heterocycles. The maximum absolute atomic E-state index is 6.10. The number of anilines is 1. The van der Waals surface area contributed by atoms with E-state index in [-0.39, 0.29) is 0 Å². The van der Waals surface area contributed by atoms with Crippen LogP contribution in [0, 0.1) is 0 Å². The molecule has 0 radical (unpaired) electrons. The molecule has 3 aromatic heterocycles. The van der Waals surface area contributed by atoms with Crippen molar-refractivity contribution in [1.82, 2.24) is 15.0 Å². The van der Waals surface area contributed by atoms with Crippen LogP contribution in [0.2, 0.25) is 4.34 Å². The summed E-state index contributed by atoms with van der Waals surface area (Å²) in [6.07, 6.45) is 1.43. The number of nitrogen functional groups attached to an aromatic ring is 1. The van der Waals surface area contributed by atoms with Gasteiger partial charge in [0.2, 0.25) is 0 Å². The molecule has 3 heterocycles. The van der Waals surface area contributed by atoms with Gasteiger partial charge in [0.05, 0.1) is 20.3 Å². The number of benzene rings is 1. The van der Waals surface area contributed by atoms with Gasteiger partial charge in [-0.25, -0.2) is 15.0 Å². The summed E-state index contributed by atoms with van der Waals surface area (Å²) in [6, 6.07) is 13.8. The minimum atomic E-state index is 0.415. The minimum absolute atomic E-state index is 0.415. The Morgan fingerprint density at radius 3 is 2.71 bits per heavy atom. The number of nitrogens with two attached hydrogens (primary N) is 1. The number of rotatable bonds is 2. The van der Waals surface area contributed by atoms with Crippen LogP contribution >= 0.6 is 38.9 Å². The molecule has 24 heavy (non-hydrogen) atoms. The van der Waals surface area contributed by atoms with E-state index in [0.29, 0.717) is 11.5 Å². The highest BCUT2D eigenvalue weighted by Gasteiger charge is 2.14. The normalized spacial score (nSPS) is 11.1. The van der Waals surface area contributed by atoms with Crippen molar-refractivity contribution in [1.29, 1.82) is 0 Å². The van der Waals surface area contributed by atoms with Crippen molar-refractivity contribution in [2.75, 3.05) is 5.73 Å². The SMILES string of the molecule is Nc1ncnc2nc(-c3ccc(Cl)s3)cc(-c3cccc(Br)c3)c12. The first-order valence-electron chi connectivity index (χ1n) is 7.05. The highest BCUT2D eigenvalue weighted by molar-refractivity contribution is 9.10. The number of thiophene rings is 1. The monoisotopic (exact) mass is 416 g/mol. The predicted octanol–water partition coefficient (Wildman–Crippen LogP) is 5.42. The summed E-state index contributed by atoms with van der Waals surface area (Å²) in [5.74, 6) is 0.415. The van der Waals surface area contributed by atoms with Gasteiger partial charge >= 0.3 is 0 Å². The van der Waals surface area contributed by atoms with E-state index in [1.54, 1.807) is 0 Å². The molecular weight excluding hydrogens is 408 g/mol. The van der Waals surface area contributed by atoms with Gasteiger partial charge in [-0.3, -0.25) is 0 Å². The Morgan fingerprint density at radius 2 is 1.96 bits per heavy atom. The van der Waals surface area contributed by atoms with Crippen LogP contribution in [0.25, 0.3) is 32.7 Å². The van der Waals surface area contributed by atoms with Gasteiger partial charge in [0.25, 0.3) is 0 Å². The predicted molar refractivity (Wildman–Crippen MR) is 103 cm³/mol. The van der Waals surface area contributed by atoms with Gasteiger partial charge in [0.1, 0.15) is 12.1 Å². The molecule has 4 aromatic rings. The van der Waals surface area contributed by atoms with Crippen molar-refractivity contribution in [2.24, 2.45) is 0 Å². The highest BCUT2D eigenvalue weighted by atomic mass is 79.9. The van der Waals surface area contributed by atoms with E-state index in [0.717, 1.165) is 35.9 Å². The van der Waals surface area contributed by atoms with Crippen molar-refractivity contribution in [3.05, 3.63) is 57.6 Å². The van der Waals surface area contributed by atoms with E-state index in [2.05, 4.69) is 30.9 Å². The lowest BCUT2D eigenvalue weighted by Gasteiger charge is -2.10. The molecule has 2 N–H and O–H groups in total. The van der Waals surface area contributed by atoms with Crippen LogP contribution in [0.4, 0.5) is 5.82 Å². The van der Waals surface area contributed by atoms with Gasteiger partial charge in [0.15, 0.2) is 5.65 Å². The summed E-state index contributed by atoms with van der Waals surface area (Å²) >= 11 is 11.1. The standard InChI is InChI=1S/C17H10BrClN4S/c18-10-3-1-2-9(6-10)11-7-12(13-4-5-14(19)24-13)23-17-15(11)16(20)21-8-22-17/h1-8H,(H2,20,21,22,23). The van der Waals surface area contributed by atoms with Crippen LogP contribution < -0.4 is 5.73 Å². The van der Waals surface area contributed by atoms with Crippen LogP contribution in [0.3, 0.4) is 0 Å².